The van der Waals surface area contributed by atoms with Gasteiger partial charge in [0.25, 0.3) is 0 Å². The molecule has 0 saturated heterocycles. The van der Waals surface area contributed by atoms with Gasteiger partial charge in [-0.1, -0.05) is 178 Å². The second-order valence-corrected chi connectivity index (χ2v) is 21.9. The van der Waals surface area contributed by atoms with Gasteiger partial charge in [-0.2, -0.15) is 0 Å². The van der Waals surface area contributed by atoms with Gasteiger partial charge in [0.15, 0.2) is 0 Å². The Labute approximate surface area is 402 Å². The summed E-state index contributed by atoms with van der Waals surface area (Å²) in [6.07, 6.45) is 0. The zero-order chi connectivity index (χ0) is 47.3. The van der Waals surface area contributed by atoms with E-state index >= 15 is 0 Å². The first kappa shape index (κ1) is 43.5. The van der Waals surface area contributed by atoms with Crippen LogP contribution in [-0.2, 0) is 16.2 Å². The van der Waals surface area contributed by atoms with Gasteiger partial charge in [0, 0.05) is 44.8 Å². The zero-order valence-corrected chi connectivity index (χ0v) is 41.3. The zero-order valence-electron chi connectivity index (χ0n) is 41.3. The van der Waals surface area contributed by atoms with Crippen molar-refractivity contribution < 1.29 is 4.42 Å². The molecule has 1 aromatic heterocycles. The van der Waals surface area contributed by atoms with Crippen molar-refractivity contribution in [1.29, 1.82) is 0 Å². The minimum absolute atomic E-state index is 0.0203. The van der Waals surface area contributed by atoms with Crippen LogP contribution in [0.3, 0.4) is 0 Å². The summed E-state index contributed by atoms with van der Waals surface area (Å²) >= 11 is 0. The van der Waals surface area contributed by atoms with Gasteiger partial charge in [-0.05, 0) is 145 Å². The maximum Gasteiger partial charge on any atom is 0.145 e. The number of benzene rings is 9. The summed E-state index contributed by atoms with van der Waals surface area (Å²) in [4.78, 5) is 4.95. The molecule has 10 aromatic rings. The van der Waals surface area contributed by atoms with Crippen LogP contribution in [0.4, 0.5) is 34.1 Å². The highest BCUT2D eigenvalue weighted by atomic mass is 16.3. The Balaban J connectivity index is 1.19. The van der Waals surface area contributed by atoms with Crippen molar-refractivity contribution in [2.75, 3.05) is 9.80 Å². The molecule has 0 unspecified atom stereocenters. The summed E-state index contributed by atoms with van der Waals surface area (Å²) in [5.41, 5.74) is 16.0. The van der Waals surface area contributed by atoms with E-state index in [-0.39, 0.29) is 28.1 Å². The Morgan fingerprint density at radius 3 is 1.43 bits per heavy atom. The fourth-order valence-corrected chi connectivity index (χ4v) is 11.7. The standard InChI is InChI=1S/C65H62N2O/c1-41(2)65(42(3)4)56-39-53(66(49-31-25-47(26-32-49)63(5,6)7)51-29-23-43-17-11-13-19-45(43)37-51)35-36-54(56)60-57(65)40-58(61-55-21-15-16-22-59(55)68-62(60)61)67(50-33-27-48(28-34-50)64(8,9)10)52-30-24-44-18-12-14-20-46(44)38-52/h11-42H,1-10H3. The molecule has 0 N–H and O–H groups in total. The van der Waals surface area contributed by atoms with Crippen LogP contribution in [0, 0.1) is 11.8 Å². The minimum Gasteiger partial charge on any atom is -0.455 e. The van der Waals surface area contributed by atoms with Crippen molar-refractivity contribution in [1.82, 2.24) is 0 Å². The fraction of sp³-hybridized carbons (Fsp3) is 0.231. The van der Waals surface area contributed by atoms with Crippen LogP contribution in [0.2, 0.25) is 0 Å². The number of furan rings is 1. The Morgan fingerprint density at radius 1 is 0.426 bits per heavy atom. The Kier molecular flexibility index (Phi) is 10.2. The van der Waals surface area contributed by atoms with Gasteiger partial charge in [-0.3, -0.25) is 0 Å². The molecular weight excluding hydrogens is 825 g/mol. The largest absolute Gasteiger partial charge is 0.455 e. The molecule has 9 aromatic carbocycles. The van der Waals surface area contributed by atoms with Crippen LogP contribution >= 0.6 is 0 Å². The Morgan fingerprint density at radius 2 is 0.882 bits per heavy atom. The quantitative estimate of drug-likeness (QED) is 0.152. The summed E-state index contributed by atoms with van der Waals surface area (Å²) in [7, 11) is 0. The average molecular weight is 887 g/mol. The topological polar surface area (TPSA) is 19.6 Å². The minimum atomic E-state index is -0.362. The van der Waals surface area contributed by atoms with Crippen molar-refractivity contribution in [3.8, 4) is 11.1 Å². The van der Waals surface area contributed by atoms with Gasteiger partial charge in [0.05, 0.1) is 11.1 Å². The molecule has 0 radical (unpaired) electrons. The maximum absolute atomic E-state index is 7.26. The molecule has 3 nitrogen and oxygen atoms in total. The van der Waals surface area contributed by atoms with Crippen molar-refractivity contribution in [3.63, 3.8) is 0 Å². The van der Waals surface area contributed by atoms with Gasteiger partial charge in [-0.15, -0.1) is 0 Å². The number of rotatable bonds is 8. The predicted octanol–water partition coefficient (Wildman–Crippen LogP) is 19.0. The highest BCUT2D eigenvalue weighted by Crippen LogP contribution is 2.62. The first-order chi connectivity index (χ1) is 32.6. The highest BCUT2D eigenvalue weighted by molar-refractivity contribution is 6.19. The van der Waals surface area contributed by atoms with Gasteiger partial charge >= 0.3 is 0 Å². The average Bonchev–Trinajstić information content (AvgIpc) is 3.86. The third kappa shape index (κ3) is 6.92. The lowest BCUT2D eigenvalue weighted by molar-refractivity contribution is 0.280. The molecule has 0 atom stereocenters. The molecule has 0 spiro atoms. The van der Waals surface area contributed by atoms with Crippen molar-refractivity contribution in [2.45, 2.75) is 85.5 Å². The number of fused-ring (bicyclic) bond motifs is 9. The molecule has 0 amide bonds. The summed E-state index contributed by atoms with van der Waals surface area (Å²) in [6.45, 7) is 23.4. The van der Waals surface area contributed by atoms with Gasteiger partial charge in [0.2, 0.25) is 0 Å². The first-order valence-electron chi connectivity index (χ1n) is 24.6. The molecule has 11 rings (SSSR count). The molecule has 0 bridgehead atoms. The second kappa shape index (κ2) is 16.0. The van der Waals surface area contributed by atoms with E-state index in [1.54, 1.807) is 0 Å². The van der Waals surface area contributed by atoms with E-state index in [1.807, 2.05) is 0 Å². The maximum atomic E-state index is 7.26. The van der Waals surface area contributed by atoms with Crippen LogP contribution in [0.25, 0.3) is 54.6 Å². The molecule has 0 aliphatic heterocycles. The molecule has 1 aliphatic carbocycles. The predicted molar refractivity (Wildman–Crippen MR) is 291 cm³/mol. The van der Waals surface area contributed by atoms with Crippen LogP contribution in [-0.4, -0.2) is 0 Å². The molecule has 1 heterocycles. The molecule has 338 valence electrons. The monoisotopic (exact) mass is 886 g/mol. The molecule has 68 heavy (non-hydrogen) atoms. The lowest BCUT2D eigenvalue weighted by atomic mass is 9.62. The number of hydrogen-bond donors (Lipinski definition) is 0. The number of nitrogens with zero attached hydrogens (tertiary/aromatic N) is 2. The number of anilines is 6. The van der Waals surface area contributed by atoms with E-state index in [2.05, 4.69) is 261 Å². The third-order valence-corrected chi connectivity index (χ3v) is 15.1. The summed E-state index contributed by atoms with van der Waals surface area (Å²) in [6, 6.07) is 68.0. The third-order valence-electron chi connectivity index (χ3n) is 15.1. The van der Waals surface area contributed by atoms with Gasteiger partial charge in [-0.25, -0.2) is 0 Å². The normalized spacial score (nSPS) is 13.5. The lowest BCUT2D eigenvalue weighted by Crippen LogP contribution is -2.37. The van der Waals surface area contributed by atoms with Crippen LogP contribution in [0.1, 0.15) is 91.5 Å². The van der Waals surface area contributed by atoms with Crippen LogP contribution in [0.15, 0.2) is 186 Å². The highest BCUT2D eigenvalue weighted by Gasteiger charge is 2.50. The smallest absolute Gasteiger partial charge is 0.145 e. The fourth-order valence-electron chi connectivity index (χ4n) is 11.7. The van der Waals surface area contributed by atoms with Crippen molar-refractivity contribution >= 4 is 77.6 Å². The number of hydrogen-bond acceptors (Lipinski definition) is 3. The molecule has 0 fully saturated rings. The molecule has 0 saturated carbocycles. The van der Waals surface area contributed by atoms with Crippen molar-refractivity contribution in [3.05, 3.63) is 204 Å². The molecular formula is C65H62N2O. The lowest BCUT2D eigenvalue weighted by Gasteiger charge is -2.41. The summed E-state index contributed by atoms with van der Waals surface area (Å²) < 4.78 is 7.26. The molecule has 1 aliphatic rings. The molecule has 3 heteroatoms. The van der Waals surface area contributed by atoms with E-state index in [4.69, 9.17) is 4.42 Å². The summed E-state index contributed by atoms with van der Waals surface area (Å²) in [5.74, 6) is 0.487. The van der Waals surface area contributed by atoms with E-state index in [0.29, 0.717) is 0 Å². The second-order valence-electron chi connectivity index (χ2n) is 21.9. The van der Waals surface area contributed by atoms with E-state index in [0.717, 1.165) is 56.1 Å². The number of para-hydroxylation sites is 1. The van der Waals surface area contributed by atoms with Crippen molar-refractivity contribution in [2.24, 2.45) is 11.8 Å². The van der Waals surface area contributed by atoms with Gasteiger partial charge in [0.1, 0.15) is 11.2 Å². The van der Waals surface area contributed by atoms with E-state index < -0.39 is 0 Å². The van der Waals surface area contributed by atoms with E-state index in [1.165, 1.54) is 54.9 Å². The van der Waals surface area contributed by atoms with Crippen LogP contribution in [0.5, 0.6) is 0 Å². The van der Waals surface area contributed by atoms with Gasteiger partial charge < -0.3 is 14.2 Å². The SMILES string of the molecule is CC(C)C1(C(C)C)c2cc(N(c3ccc(C(C)(C)C)cc3)c3ccc4ccccc4c3)ccc2-c2c1cc(N(c1ccc(C(C)(C)C)cc1)c1ccc3ccccc3c1)c1c2oc2ccccc21. The van der Waals surface area contributed by atoms with Crippen LogP contribution < -0.4 is 9.80 Å². The van der Waals surface area contributed by atoms with E-state index in [9.17, 15) is 0 Å². The Hall–Kier alpha value is -7.10. The summed E-state index contributed by atoms with van der Waals surface area (Å²) in [5, 5.41) is 7.12. The Bertz CT molecular complexity index is 3530. The first-order valence-corrected chi connectivity index (χ1v) is 24.6.